The molecule has 1 aliphatic rings. The van der Waals surface area contributed by atoms with Crippen molar-refractivity contribution in [2.75, 3.05) is 7.11 Å². The predicted octanol–water partition coefficient (Wildman–Crippen LogP) is 4.47. The fourth-order valence-corrected chi connectivity index (χ4v) is 5.61. The van der Waals surface area contributed by atoms with Gasteiger partial charge in [0.2, 0.25) is 5.17 Å². The van der Waals surface area contributed by atoms with Gasteiger partial charge in [-0.15, -0.1) is 10.2 Å². The highest BCUT2D eigenvalue weighted by Gasteiger charge is 2.41. The van der Waals surface area contributed by atoms with Gasteiger partial charge in [-0.25, -0.2) is 0 Å². The molecule has 0 radical (unpaired) electrons. The van der Waals surface area contributed by atoms with E-state index in [0.29, 0.717) is 17.0 Å². The normalized spacial score (nSPS) is 20.6. The summed E-state index contributed by atoms with van der Waals surface area (Å²) >= 11 is 0. The van der Waals surface area contributed by atoms with Gasteiger partial charge in [0.1, 0.15) is 0 Å². The molecule has 2 aromatic carbocycles. The molecular formula is C24H24N4O3S. The zero-order chi connectivity index (χ0) is 22.4. The Morgan fingerprint density at radius 2 is 1.62 bits per heavy atom. The van der Waals surface area contributed by atoms with Crippen molar-refractivity contribution in [3.05, 3.63) is 102 Å². The summed E-state index contributed by atoms with van der Waals surface area (Å²) in [6.07, 6.45) is 3.79. The summed E-state index contributed by atoms with van der Waals surface area (Å²) in [6.45, 7) is 1.97. The van der Waals surface area contributed by atoms with Gasteiger partial charge >= 0.3 is 0 Å². The minimum atomic E-state index is -2.62. The topological polar surface area (TPSA) is 85.2 Å². The van der Waals surface area contributed by atoms with Gasteiger partial charge in [-0.05, 0) is 36.8 Å². The number of amidine groups is 1. The first-order valence-electron chi connectivity index (χ1n) is 10.2. The maximum absolute atomic E-state index is 12.9. The Morgan fingerprint density at radius 1 is 0.969 bits per heavy atom. The fourth-order valence-electron chi connectivity index (χ4n) is 3.35. The van der Waals surface area contributed by atoms with E-state index in [1.165, 1.54) is 0 Å². The Bertz CT molecular complexity index is 1120. The molecule has 1 aliphatic heterocycles. The summed E-state index contributed by atoms with van der Waals surface area (Å²) in [6, 6.07) is 22.6. The third-order valence-electron chi connectivity index (χ3n) is 4.82. The average molecular weight is 449 g/mol. The number of carbonyl (C=O) groups excluding carboxylic acids is 1. The van der Waals surface area contributed by atoms with Gasteiger partial charge in [-0.1, -0.05) is 59.1 Å². The first-order chi connectivity index (χ1) is 15.6. The molecule has 2 atom stereocenters. The predicted molar refractivity (Wildman–Crippen MR) is 127 cm³/mol. The van der Waals surface area contributed by atoms with Crippen LogP contribution in [0.15, 0.2) is 95.4 Å². The number of carbonyl (C=O) groups is 1. The van der Waals surface area contributed by atoms with Crippen LogP contribution in [-0.4, -0.2) is 34.3 Å². The molecule has 32 heavy (non-hydrogen) atoms. The Kier molecular flexibility index (Phi) is 6.75. The smallest absolute Gasteiger partial charge is 0.257 e. The van der Waals surface area contributed by atoms with E-state index in [1.54, 1.807) is 43.8 Å². The summed E-state index contributed by atoms with van der Waals surface area (Å²) in [7, 11) is -1.06. The quantitative estimate of drug-likeness (QED) is 0.578. The fraction of sp³-hybridized carbons (Fsp3) is 0.167. The van der Waals surface area contributed by atoms with E-state index < -0.39 is 10.6 Å². The van der Waals surface area contributed by atoms with Crippen molar-refractivity contribution in [1.82, 2.24) is 10.3 Å². The number of nitrogens with zero attached hydrogens (tertiary/aromatic N) is 3. The highest BCUT2D eigenvalue weighted by atomic mass is 32.3. The van der Waals surface area contributed by atoms with Crippen LogP contribution in [-0.2, 0) is 14.8 Å². The molecule has 0 saturated carbocycles. The summed E-state index contributed by atoms with van der Waals surface area (Å²) < 4.78 is 12.5. The Balaban J connectivity index is 1.64. The van der Waals surface area contributed by atoms with Gasteiger partial charge in [0.15, 0.2) is 5.04 Å². The number of aromatic nitrogens is 1. The molecule has 1 aromatic heterocycles. The molecule has 164 valence electrons. The molecule has 1 N–H and O–H groups in total. The molecule has 0 spiro atoms. The van der Waals surface area contributed by atoms with Crippen molar-refractivity contribution >= 4 is 26.7 Å². The van der Waals surface area contributed by atoms with Crippen LogP contribution < -0.4 is 5.32 Å². The number of amides is 1. The maximum atomic E-state index is 12.9. The maximum Gasteiger partial charge on any atom is 0.257 e. The highest BCUT2D eigenvalue weighted by Crippen LogP contribution is 2.57. The molecule has 3 aromatic rings. The number of benzene rings is 2. The van der Waals surface area contributed by atoms with Crippen LogP contribution in [0.25, 0.3) is 0 Å². The molecule has 0 aliphatic carbocycles. The van der Waals surface area contributed by atoms with Crippen molar-refractivity contribution in [2.45, 2.75) is 19.4 Å². The SMILES string of the molecule is COS1(OC(C)Cc2ccccc2)C(NC(=O)c2ccccc2)=NN=C1c1ccncc1. The minimum Gasteiger partial charge on any atom is -0.291 e. The van der Waals surface area contributed by atoms with Crippen molar-refractivity contribution < 1.29 is 13.2 Å². The summed E-state index contributed by atoms with van der Waals surface area (Å²) in [5.41, 5.74) is 2.42. The lowest BCUT2D eigenvalue weighted by atomic mass is 10.1. The Hall–Kier alpha value is -3.33. The number of rotatable bonds is 7. The van der Waals surface area contributed by atoms with Gasteiger partial charge in [-0.3, -0.25) is 23.5 Å². The second-order valence-corrected chi connectivity index (χ2v) is 9.44. The van der Waals surface area contributed by atoms with Gasteiger partial charge in [0.05, 0.1) is 13.2 Å². The van der Waals surface area contributed by atoms with Crippen LogP contribution in [0.5, 0.6) is 0 Å². The van der Waals surface area contributed by atoms with E-state index in [9.17, 15) is 4.79 Å². The van der Waals surface area contributed by atoms with Crippen LogP contribution >= 0.6 is 10.6 Å². The Labute approximate surface area is 188 Å². The zero-order valence-electron chi connectivity index (χ0n) is 17.8. The van der Waals surface area contributed by atoms with E-state index >= 15 is 0 Å². The summed E-state index contributed by atoms with van der Waals surface area (Å²) in [5, 5.41) is 12.3. The molecule has 2 unspecified atom stereocenters. The van der Waals surface area contributed by atoms with Gasteiger partial charge < -0.3 is 0 Å². The van der Waals surface area contributed by atoms with Crippen molar-refractivity contribution in [3.8, 4) is 0 Å². The molecule has 0 fully saturated rings. The molecule has 2 heterocycles. The molecule has 0 bridgehead atoms. The average Bonchev–Trinajstić information content (AvgIpc) is 3.18. The third kappa shape index (κ3) is 4.62. The number of nitrogens with one attached hydrogen (secondary N) is 1. The lowest BCUT2D eigenvalue weighted by Gasteiger charge is -2.40. The van der Waals surface area contributed by atoms with Crippen LogP contribution in [0.2, 0.25) is 0 Å². The van der Waals surface area contributed by atoms with Crippen molar-refractivity contribution in [1.29, 1.82) is 0 Å². The summed E-state index contributed by atoms with van der Waals surface area (Å²) in [5.74, 6) is -0.302. The molecule has 7 nitrogen and oxygen atoms in total. The first kappa shape index (κ1) is 21.9. The van der Waals surface area contributed by atoms with E-state index in [4.69, 9.17) is 8.37 Å². The van der Waals surface area contributed by atoms with E-state index in [-0.39, 0.29) is 17.2 Å². The molecular weight excluding hydrogens is 424 g/mol. The molecule has 4 rings (SSSR count). The Morgan fingerprint density at radius 3 is 2.28 bits per heavy atom. The molecule has 0 saturated heterocycles. The number of hydrogen-bond acceptors (Lipinski definition) is 6. The largest absolute Gasteiger partial charge is 0.291 e. The standard InChI is InChI=1S/C24H24N4O3S/c1-18(17-19-9-5-3-6-10-19)31-32(30-2)23(21-13-15-25-16-14-21)27-28-24(32)26-22(29)20-11-7-4-8-12-20/h3-16,18H,17H2,1-2H3,(H,26,28,29). The first-order valence-corrected chi connectivity index (χ1v) is 11.6. The van der Waals surface area contributed by atoms with Crippen LogP contribution in [0.3, 0.4) is 0 Å². The van der Waals surface area contributed by atoms with E-state index in [2.05, 4.69) is 20.5 Å². The second kappa shape index (κ2) is 9.86. The van der Waals surface area contributed by atoms with Gasteiger partial charge in [0.25, 0.3) is 5.91 Å². The third-order valence-corrected chi connectivity index (χ3v) is 7.41. The molecule has 8 heteroatoms. The minimum absolute atomic E-state index is 0.226. The van der Waals surface area contributed by atoms with Gasteiger partial charge in [-0.2, -0.15) is 0 Å². The van der Waals surface area contributed by atoms with Crippen LogP contribution in [0.1, 0.15) is 28.4 Å². The zero-order valence-corrected chi connectivity index (χ0v) is 18.7. The van der Waals surface area contributed by atoms with E-state index in [0.717, 1.165) is 11.1 Å². The van der Waals surface area contributed by atoms with Crippen molar-refractivity contribution in [2.24, 2.45) is 10.2 Å². The number of hydrogen-bond donors (Lipinski definition) is 1. The van der Waals surface area contributed by atoms with Gasteiger partial charge in [0, 0.05) is 29.9 Å². The number of pyridine rings is 1. The van der Waals surface area contributed by atoms with Crippen LogP contribution in [0.4, 0.5) is 0 Å². The highest BCUT2D eigenvalue weighted by molar-refractivity contribution is 8.49. The second-order valence-electron chi connectivity index (χ2n) is 7.13. The molecule has 1 amide bonds. The summed E-state index contributed by atoms with van der Waals surface area (Å²) in [4.78, 5) is 17.0. The van der Waals surface area contributed by atoms with E-state index in [1.807, 2.05) is 55.5 Å². The van der Waals surface area contributed by atoms with Crippen molar-refractivity contribution in [3.63, 3.8) is 0 Å². The lowest BCUT2D eigenvalue weighted by molar-refractivity contribution is 0.0977. The monoisotopic (exact) mass is 448 g/mol. The lowest BCUT2D eigenvalue weighted by Crippen LogP contribution is -2.38. The van der Waals surface area contributed by atoms with Crippen LogP contribution in [0, 0.1) is 0 Å².